The molecule has 1 aliphatic carbocycles. The largest absolute Gasteiger partial charge is 0.472 e. The highest BCUT2D eigenvalue weighted by Crippen LogP contribution is 2.47. The van der Waals surface area contributed by atoms with Crippen LogP contribution in [0.3, 0.4) is 0 Å². The summed E-state index contributed by atoms with van der Waals surface area (Å²) in [6.07, 6.45) is 17.2. The minimum Gasteiger partial charge on any atom is -0.457 e. The number of phosphoric acid groups is 1. The van der Waals surface area contributed by atoms with Crippen molar-refractivity contribution in [1.82, 2.24) is 0 Å². The van der Waals surface area contributed by atoms with Crippen LogP contribution in [0.15, 0.2) is 12.2 Å². The summed E-state index contributed by atoms with van der Waals surface area (Å²) in [7, 11) is -5.00. The minimum absolute atomic E-state index is 0.0754. The fourth-order valence-electron chi connectivity index (χ4n) is 6.11. The van der Waals surface area contributed by atoms with Gasteiger partial charge >= 0.3 is 13.8 Å². The van der Waals surface area contributed by atoms with Crippen molar-refractivity contribution in [2.45, 2.75) is 204 Å². The molecule has 51 heavy (non-hydrogen) atoms. The van der Waals surface area contributed by atoms with Crippen molar-refractivity contribution in [3.05, 3.63) is 12.2 Å². The molecule has 0 heterocycles. The molecule has 0 aromatic heterocycles. The lowest BCUT2D eigenvalue weighted by molar-refractivity contribution is -0.220. The van der Waals surface area contributed by atoms with Gasteiger partial charge in [0, 0.05) is 13.0 Å². The summed E-state index contributed by atoms with van der Waals surface area (Å²) in [6, 6.07) is 0. The zero-order valence-electron chi connectivity index (χ0n) is 31.7. The first-order valence-corrected chi connectivity index (χ1v) is 21.5. The number of hydrogen-bond donors (Lipinski definition) is 6. The predicted octanol–water partition coefficient (Wildman–Crippen LogP) is 6.80. The van der Waals surface area contributed by atoms with E-state index >= 15 is 0 Å². The molecule has 1 fully saturated rings. The zero-order chi connectivity index (χ0) is 37.7. The van der Waals surface area contributed by atoms with Gasteiger partial charge in [-0.3, -0.25) is 13.8 Å². The number of allylic oxidation sites excluding steroid dienone is 2. The molecule has 0 spiro atoms. The molecule has 1 rings (SSSR count). The maximum Gasteiger partial charge on any atom is 0.472 e. The van der Waals surface area contributed by atoms with Gasteiger partial charge in [-0.2, -0.15) is 0 Å². The van der Waals surface area contributed by atoms with E-state index in [1.807, 2.05) is 0 Å². The highest BCUT2D eigenvalue weighted by molar-refractivity contribution is 7.47. The number of unbranched alkanes of at least 4 members (excludes halogenated alkanes) is 19. The number of phosphoric ester groups is 1. The maximum atomic E-state index is 12.7. The van der Waals surface area contributed by atoms with Crippen LogP contribution in [-0.2, 0) is 27.9 Å². The third-order valence-electron chi connectivity index (χ3n) is 9.39. The molecule has 0 aromatic rings. The Hall–Kier alpha value is -0.920. The Kier molecular flexibility index (Phi) is 28.7. The van der Waals surface area contributed by atoms with Crippen LogP contribution >= 0.6 is 7.82 Å². The van der Waals surface area contributed by atoms with Crippen molar-refractivity contribution in [2.24, 2.45) is 0 Å². The first-order valence-electron chi connectivity index (χ1n) is 20.0. The lowest BCUT2D eigenvalue weighted by atomic mass is 9.85. The number of carbonyl (C=O) groups excluding carboxylic acids is 1. The number of hydrogen-bond acceptors (Lipinski definition) is 11. The minimum atomic E-state index is -5.00. The van der Waals surface area contributed by atoms with E-state index in [0.717, 1.165) is 57.8 Å². The molecule has 0 bridgehead atoms. The van der Waals surface area contributed by atoms with E-state index in [-0.39, 0.29) is 13.0 Å². The second-order valence-electron chi connectivity index (χ2n) is 14.1. The van der Waals surface area contributed by atoms with E-state index in [9.17, 15) is 39.8 Å². The van der Waals surface area contributed by atoms with Crippen molar-refractivity contribution in [3.63, 3.8) is 0 Å². The van der Waals surface area contributed by atoms with Crippen molar-refractivity contribution in [1.29, 1.82) is 0 Å². The Morgan fingerprint density at radius 3 is 1.59 bits per heavy atom. The van der Waals surface area contributed by atoms with Gasteiger partial charge in [-0.05, 0) is 38.5 Å². The van der Waals surface area contributed by atoms with Gasteiger partial charge in [-0.25, -0.2) is 4.57 Å². The van der Waals surface area contributed by atoms with Gasteiger partial charge in [-0.1, -0.05) is 129 Å². The molecule has 13 heteroatoms. The fraction of sp³-hybridized carbons (Fsp3) is 0.921. The van der Waals surface area contributed by atoms with Crippen molar-refractivity contribution >= 4 is 13.8 Å². The van der Waals surface area contributed by atoms with Crippen LogP contribution in [-0.4, -0.2) is 98.9 Å². The van der Waals surface area contributed by atoms with Crippen LogP contribution in [0.4, 0.5) is 0 Å². The summed E-state index contributed by atoms with van der Waals surface area (Å²) < 4.78 is 34.0. The number of aliphatic hydroxyl groups excluding tert-OH is 5. The highest BCUT2D eigenvalue weighted by atomic mass is 31.2. The SMILES string of the molecule is CCCCC/C=C\CCCCCCCC(=O)OC(COCCCCCCCCCCCCCC)COP(=O)(O)OC1C(O)C(O)C(O)C(O)C1O. The Morgan fingerprint density at radius 2 is 1.04 bits per heavy atom. The van der Waals surface area contributed by atoms with Crippen LogP contribution < -0.4 is 0 Å². The molecule has 0 amide bonds. The molecule has 6 unspecified atom stereocenters. The Morgan fingerprint density at radius 1 is 0.608 bits per heavy atom. The molecule has 0 aromatic carbocycles. The molecular weight excluding hydrogens is 679 g/mol. The maximum absolute atomic E-state index is 12.7. The van der Waals surface area contributed by atoms with Gasteiger partial charge in [0.05, 0.1) is 13.2 Å². The third-order valence-corrected chi connectivity index (χ3v) is 10.4. The topological polar surface area (TPSA) is 192 Å². The first kappa shape index (κ1) is 48.1. The molecule has 0 saturated heterocycles. The quantitative estimate of drug-likeness (QED) is 0.0178. The van der Waals surface area contributed by atoms with E-state index in [4.69, 9.17) is 18.5 Å². The average Bonchev–Trinajstić information content (AvgIpc) is 3.11. The summed E-state index contributed by atoms with van der Waals surface area (Å²) in [5.41, 5.74) is 0. The van der Waals surface area contributed by atoms with Crippen molar-refractivity contribution < 1.29 is 58.3 Å². The smallest absolute Gasteiger partial charge is 0.457 e. The van der Waals surface area contributed by atoms with Gasteiger partial charge in [0.15, 0.2) is 0 Å². The molecule has 1 aliphatic rings. The molecule has 302 valence electrons. The Bertz CT molecular complexity index is 905. The van der Waals surface area contributed by atoms with Crippen LogP contribution in [0.1, 0.15) is 162 Å². The molecule has 0 aliphatic heterocycles. The van der Waals surface area contributed by atoms with Crippen LogP contribution in [0.2, 0.25) is 0 Å². The van der Waals surface area contributed by atoms with E-state index in [1.165, 1.54) is 77.0 Å². The monoisotopic (exact) mass is 752 g/mol. The number of rotatable bonds is 33. The van der Waals surface area contributed by atoms with Crippen molar-refractivity contribution in [2.75, 3.05) is 19.8 Å². The molecule has 6 N–H and O–H groups in total. The second-order valence-corrected chi connectivity index (χ2v) is 15.5. The molecular formula is C38H73O12P. The highest BCUT2D eigenvalue weighted by Gasteiger charge is 2.51. The fourth-order valence-corrected chi connectivity index (χ4v) is 7.09. The standard InChI is InChI=1S/C38H73O12P/c1-3-5-7-9-11-13-15-17-19-21-23-25-27-32(39)49-31(29-47-28-26-24-22-20-18-16-14-12-10-8-6-4-2)30-48-51(45,46)50-38-36(43)34(41)33(40)35(42)37(38)44/h11,13,31,33-38,40-44H,3-10,12,14-30H2,1-2H3,(H,45,46)/b13-11-. The summed E-state index contributed by atoms with van der Waals surface area (Å²) in [5.74, 6) is -0.486. The van der Waals surface area contributed by atoms with E-state index < -0.39 is 63.1 Å². The number of carbonyl (C=O) groups is 1. The summed E-state index contributed by atoms with van der Waals surface area (Å²) in [6.45, 7) is 4.20. The number of aliphatic hydroxyl groups is 5. The predicted molar refractivity (Wildman–Crippen MR) is 198 cm³/mol. The Balaban J connectivity index is 2.47. The summed E-state index contributed by atoms with van der Waals surface area (Å²) >= 11 is 0. The number of ether oxygens (including phenoxy) is 2. The molecule has 0 radical (unpaired) electrons. The average molecular weight is 753 g/mol. The lowest BCUT2D eigenvalue weighted by Gasteiger charge is -2.41. The van der Waals surface area contributed by atoms with Gasteiger partial charge in [-0.15, -0.1) is 0 Å². The zero-order valence-corrected chi connectivity index (χ0v) is 32.6. The van der Waals surface area contributed by atoms with Crippen LogP contribution in [0, 0.1) is 0 Å². The Labute approximate surface area is 307 Å². The van der Waals surface area contributed by atoms with Crippen LogP contribution in [0.5, 0.6) is 0 Å². The first-order chi connectivity index (χ1) is 24.5. The van der Waals surface area contributed by atoms with E-state index in [0.29, 0.717) is 13.0 Å². The van der Waals surface area contributed by atoms with E-state index in [2.05, 4.69) is 26.0 Å². The lowest BCUT2D eigenvalue weighted by Crippen LogP contribution is -2.64. The summed E-state index contributed by atoms with van der Waals surface area (Å²) in [4.78, 5) is 23.0. The number of esters is 1. The van der Waals surface area contributed by atoms with Crippen molar-refractivity contribution in [3.8, 4) is 0 Å². The molecule has 12 nitrogen and oxygen atoms in total. The molecule has 6 atom stereocenters. The summed E-state index contributed by atoms with van der Waals surface area (Å²) in [5, 5.41) is 49.9. The van der Waals surface area contributed by atoms with Gasteiger partial charge in [0.1, 0.15) is 42.7 Å². The normalized spacial score (nSPS) is 24.2. The van der Waals surface area contributed by atoms with Gasteiger partial charge in [0.25, 0.3) is 0 Å². The van der Waals surface area contributed by atoms with Crippen LogP contribution in [0.25, 0.3) is 0 Å². The van der Waals surface area contributed by atoms with Gasteiger partial charge in [0.2, 0.25) is 0 Å². The third kappa shape index (κ3) is 23.5. The van der Waals surface area contributed by atoms with E-state index in [1.54, 1.807) is 0 Å². The van der Waals surface area contributed by atoms with Gasteiger partial charge < -0.3 is 39.9 Å². The second kappa shape index (κ2) is 30.4. The molecule has 1 saturated carbocycles.